The number of hydrogen-bond acceptors (Lipinski definition) is 1. The summed E-state index contributed by atoms with van der Waals surface area (Å²) in [4.78, 5) is 0. The fourth-order valence-electron chi connectivity index (χ4n) is 1.51. The van der Waals surface area contributed by atoms with Crippen LogP contribution >= 0.6 is 0 Å². The van der Waals surface area contributed by atoms with Crippen LogP contribution in [0.1, 0.15) is 16.7 Å². The summed E-state index contributed by atoms with van der Waals surface area (Å²) in [5.74, 6) is 0.402. The number of fused-ring (bicyclic) bond motifs is 1. The third-order valence-electron chi connectivity index (χ3n) is 2.17. The van der Waals surface area contributed by atoms with Crippen molar-refractivity contribution in [3.8, 4) is 5.75 Å². The van der Waals surface area contributed by atoms with Gasteiger partial charge < -0.3 is 5.11 Å². The van der Waals surface area contributed by atoms with E-state index in [1.165, 1.54) is 11.1 Å². The van der Waals surface area contributed by atoms with Crippen LogP contribution in [-0.2, 0) is 6.42 Å². The van der Waals surface area contributed by atoms with E-state index >= 15 is 0 Å². The molecular weight excluding hydrogens is 136 g/mol. The van der Waals surface area contributed by atoms with Gasteiger partial charge in [0.2, 0.25) is 0 Å². The van der Waals surface area contributed by atoms with Crippen molar-refractivity contribution >= 4 is 6.08 Å². The molecule has 1 N–H and O–H groups in total. The molecule has 0 amide bonds. The molecule has 1 aliphatic rings. The summed E-state index contributed by atoms with van der Waals surface area (Å²) >= 11 is 0. The Bertz CT molecular complexity index is 324. The molecular formula is C10H10O. The second kappa shape index (κ2) is 2.12. The molecule has 0 unspecified atom stereocenters. The van der Waals surface area contributed by atoms with E-state index < -0.39 is 0 Å². The molecule has 0 bridgehead atoms. The molecule has 1 aliphatic carbocycles. The van der Waals surface area contributed by atoms with Crippen molar-refractivity contribution in [2.75, 3.05) is 0 Å². The molecule has 0 saturated carbocycles. The van der Waals surface area contributed by atoms with Gasteiger partial charge in [-0.25, -0.2) is 0 Å². The molecule has 1 nitrogen and oxygen atoms in total. The Kier molecular flexibility index (Phi) is 1.25. The molecule has 0 aliphatic heterocycles. The SMILES string of the molecule is Cc1ccc(O)c2c1CC=C2. The van der Waals surface area contributed by atoms with Gasteiger partial charge in [-0.1, -0.05) is 18.2 Å². The number of hydrogen-bond donors (Lipinski definition) is 1. The standard InChI is InChI=1S/C10H10O/c1-7-5-6-10(11)9-4-2-3-8(7)9/h2,4-6,11H,3H2,1H3. The van der Waals surface area contributed by atoms with E-state index in [9.17, 15) is 5.11 Å². The average molecular weight is 146 g/mol. The van der Waals surface area contributed by atoms with Crippen LogP contribution in [0.5, 0.6) is 5.75 Å². The van der Waals surface area contributed by atoms with Crippen molar-refractivity contribution in [3.63, 3.8) is 0 Å². The summed E-state index contributed by atoms with van der Waals surface area (Å²) in [5, 5.41) is 9.40. The number of rotatable bonds is 0. The third kappa shape index (κ3) is 0.845. The Hall–Kier alpha value is -1.24. The Morgan fingerprint density at radius 2 is 2.18 bits per heavy atom. The summed E-state index contributed by atoms with van der Waals surface area (Å²) in [6, 6.07) is 3.71. The van der Waals surface area contributed by atoms with E-state index in [1.54, 1.807) is 6.07 Å². The number of allylic oxidation sites excluding steroid dienone is 1. The highest BCUT2D eigenvalue weighted by Crippen LogP contribution is 2.30. The van der Waals surface area contributed by atoms with Crippen LogP contribution in [0.3, 0.4) is 0 Å². The van der Waals surface area contributed by atoms with Crippen LogP contribution in [0.2, 0.25) is 0 Å². The lowest BCUT2D eigenvalue weighted by Crippen LogP contribution is -1.86. The highest BCUT2D eigenvalue weighted by molar-refractivity contribution is 5.67. The zero-order chi connectivity index (χ0) is 7.84. The number of benzene rings is 1. The average Bonchev–Trinajstić information content (AvgIpc) is 2.45. The van der Waals surface area contributed by atoms with Gasteiger partial charge in [-0.05, 0) is 30.5 Å². The molecule has 56 valence electrons. The molecule has 11 heavy (non-hydrogen) atoms. The molecule has 0 fully saturated rings. The lowest BCUT2D eigenvalue weighted by Gasteiger charge is -2.04. The summed E-state index contributed by atoms with van der Waals surface area (Å²) in [5.41, 5.74) is 3.54. The summed E-state index contributed by atoms with van der Waals surface area (Å²) in [7, 11) is 0. The van der Waals surface area contributed by atoms with Gasteiger partial charge in [0.1, 0.15) is 5.75 Å². The van der Waals surface area contributed by atoms with Crippen LogP contribution in [0.4, 0.5) is 0 Å². The van der Waals surface area contributed by atoms with Gasteiger partial charge in [0.15, 0.2) is 0 Å². The van der Waals surface area contributed by atoms with E-state index in [1.807, 2.05) is 12.1 Å². The van der Waals surface area contributed by atoms with E-state index in [4.69, 9.17) is 0 Å². The first-order valence-corrected chi connectivity index (χ1v) is 3.77. The van der Waals surface area contributed by atoms with E-state index in [2.05, 4.69) is 13.0 Å². The molecule has 0 spiro atoms. The van der Waals surface area contributed by atoms with Gasteiger partial charge in [-0.2, -0.15) is 0 Å². The maximum absolute atomic E-state index is 9.40. The fourth-order valence-corrected chi connectivity index (χ4v) is 1.51. The minimum atomic E-state index is 0.402. The second-order valence-electron chi connectivity index (χ2n) is 2.90. The topological polar surface area (TPSA) is 20.2 Å². The first-order valence-electron chi connectivity index (χ1n) is 3.77. The van der Waals surface area contributed by atoms with E-state index in [-0.39, 0.29) is 0 Å². The summed E-state index contributed by atoms with van der Waals surface area (Å²) in [6.45, 7) is 2.07. The number of phenols is 1. The second-order valence-corrected chi connectivity index (χ2v) is 2.90. The number of aromatic hydroxyl groups is 1. The van der Waals surface area contributed by atoms with Crippen molar-refractivity contribution in [1.29, 1.82) is 0 Å². The minimum Gasteiger partial charge on any atom is -0.507 e. The Labute approximate surface area is 66.0 Å². The first-order chi connectivity index (χ1) is 5.29. The third-order valence-corrected chi connectivity index (χ3v) is 2.17. The maximum Gasteiger partial charge on any atom is 0.123 e. The number of phenolic OH excluding ortho intramolecular Hbond substituents is 1. The maximum atomic E-state index is 9.40. The quantitative estimate of drug-likeness (QED) is 0.595. The number of aryl methyl sites for hydroxylation is 1. The van der Waals surface area contributed by atoms with Gasteiger partial charge in [0.05, 0.1) is 0 Å². The zero-order valence-corrected chi connectivity index (χ0v) is 6.46. The van der Waals surface area contributed by atoms with Crippen LogP contribution in [0, 0.1) is 6.92 Å². The van der Waals surface area contributed by atoms with Crippen molar-refractivity contribution in [3.05, 3.63) is 34.9 Å². The van der Waals surface area contributed by atoms with Gasteiger partial charge in [0.25, 0.3) is 0 Å². The van der Waals surface area contributed by atoms with Crippen LogP contribution in [-0.4, -0.2) is 5.11 Å². The molecule has 1 heteroatoms. The molecule has 1 aromatic rings. The Balaban J connectivity index is 2.71. The van der Waals surface area contributed by atoms with Gasteiger partial charge in [0, 0.05) is 5.56 Å². The van der Waals surface area contributed by atoms with Crippen molar-refractivity contribution in [2.24, 2.45) is 0 Å². The molecule has 1 aromatic carbocycles. The molecule has 2 rings (SSSR count). The molecule has 0 radical (unpaired) electrons. The predicted molar refractivity (Wildman–Crippen MR) is 45.6 cm³/mol. The highest BCUT2D eigenvalue weighted by Gasteiger charge is 2.10. The monoisotopic (exact) mass is 146 g/mol. The summed E-state index contributed by atoms with van der Waals surface area (Å²) in [6.07, 6.45) is 5.03. The first kappa shape index (κ1) is 6.47. The molecule has 0 atom stereocenters. The van der Waals surface area contributed by atoms with Gasteiger partial charge >= 0.3 is 0 Å². The van der Waals surface area contributed by atoms with Crippen molar-refractivity contribution in [2.45, 2.75) is 13.3 Å². The molecule has 0 saturated heterocycles. The molecule has 0 heterocycles. The Morgan fingerprint density at radius 3 is 2.91 bits per heavy atom. The Morgan fingerprint density at radius 1 is 1.36 bits per heavy atom. The van der Waals surface area contributed by atoms with E-state index in [0.717, 1.165) is 12.0 Å². The van der Waals surface area contributed by atoms with Gasteiger partial charge in [-0.15, -0.1) is 0 Å². The van der Waals surface area contributed by atoms with E-state index in [0.29, 0.717) is 5.75 Å². The lowest BCUT2D eigenvalue weighted by atomic mass is 10.0. The van der Waals surface area contributed by atoms with Crippen LogP contribution in [0.15, 0.2) is 18.2 Å². The van der Waals surface area contributed by atoms with Gasteiger partial charge in [-0.3, -0.25) is 0 Å². The fraction of sp³-hybridized carbons (Fsp3) is 0.200. The zero-order valence-electron chi connectivity index (χ0n) is 6.46. The highest BCUT2D eigenvalue weighted by atomic mass is 16.3. The smallest absolute Gasteiger partial charge is 0.123 e. The normalized spacial score (nSPS) is 13.5. The van der Waals surface area contributed by atoms with Crippen molar-refractivity contribution < 1.29 is 5.11 Å². The largest absolute Gasteiger partial charge is 0.507 e. The minimum absolute atomic E-state index is 0.402. The van der Waals surface area contributed by atoms with Crippen LogP contribution < -0.4 is 0 Å². The van der Waals surface area contributed by atoms with Crippen molar-refractivity contribution in [1.82, 2.24) is 0 Å². The predicted octanol–water partition coefficient (Wildman–Crippen LogP) is 2.27. The van der Waals surface area contributed by atoms with Crippen LogP contribution in [0.25, 0.3) is 6.08 Å². The lowest BCUT2D eigenvalue weighted by molar-refractivity contribution is 0.473. The summed E-state index contributed by atoms with van der Waals surface area (Å²) < 4.78 is 0. The molecule has 0 aromatic heterocycles.